The van der Waals surface area contributed by atoms with E-state index in [0.29, 0.717) is 5.69 Å². The van der Waals surface area contributed by atoms with Crippen LogP contribution in [0.25, 0.3) is 11.3 Å². The number of hydrogen-bond donors (Lipinski definition) is 1. The number of thiazole rings is 1. The molecule has 3 rings (SSSR count). The second-order valence-corrected chi connectivity index (χ2v) is 6.95. The molecule has 0 saturated heterocycles. The summed E-state index contributed by atoms with van der Waals surface area (Å²) in [4.78, 5) is 3.83. The summed E-state index contributed by atoms with van der Waals surface area (Å²) >= 11 is 1.15. The van der Waals surface area contributed by atoms with Crippen LogP contribution < -0.4 is 4.72 Å². The van der Waals surface area contributed by atoms with Crippen LogP contribution in [-0.4, -0.2) is 13.4 Å². The number of benzene rings is 2. The van der Waals surface area contributed by atoms with Gasteiger partial charge in [-0.2, -0.15) is 0 Å². The van der Waals surface area contributed by atoms with Crippen molar-refractivity contribution < 1.29 is 12.8 Å². The summed E-state index contributed by atoms with van der Waals surface area (Å²) in [7, 11) is -3.99. The molecule has 3 aromatic rings. The fraction of sp³-hybridized carbons (Fsp3) is 0. The van der Waals surface area contributed by atoms with E-state index in [4.69, 9.17) is 0 Å². The van der Waals surface area contributed by atoms with Crippen molar-refractivity contribution in [2.24, 2.45) is 0 Å². The highest BCUT2D eigenvalue weighted by Gasteiger charge is 2.20. The van der Waals surface area contributed by atoms with Crippen LogP contribution in [0.4, 0.5) is 9.52 Å². The van der Waals surface area contributed by atoms with Crippen LogP contribution >= 0.6 is 11.3 Å². The van der Waals surface area contributed by atoms with Gasteiger partial charge in [-0.1, -0.05) is 42.5 Å². The van der Waals surface area contributed by atoms with Crippen LogP contribution in [0.5, 0.6) is 0 Å². The summed E-state index contributed by atoms with van der Waals surface area (Å²) in [6.07, 6.45) is 0. The van der Waals surface area contributed by atoms with E-state index in [1.165, 1.54) is 18.2 Å². The molecule has 112 valence electrons. The van der Waals surface area contributed by atoms with Crippen LogP contribution in [0.1, 0.15) is 0 Å². The Labute approximate surface area is 131 Å². The van der Waals surface area contributed by atoms with Gasteiger partial charge in [0.25, 0.3) is 10.0 Å². The molecular weight excluding hydrogens is 323 g/mol. The number of hydrogen-bond acceptors (Lipinski definition) is 4. The van der Waals surface area contributed by atoms with E-state index >= 15 is 0 Å². The van der Waals surface area contributed by atoms with Crippen LogP contribution in [0.3, 0.4) is 0 Å². The average Bonchev–Trinajstić information content (AvgIpc) is 2.96. The number of anilines is 1. The second kappa shape index (κ2) is 5.86. The molecule has 0 aliphatic heterocycles. The number of sulfonamides is 1. The Balaban J connectivity index is 1.88. The van der Waals surface area contributed by atoms with Gasteiger partial charge in [0.1, 0.15) is 10.7 Å². The van der Waals surface area contributed by atoms with Crippen molar-refractivity contribution >= 4 is 26.5 Å². The minimum Gasteiger partial charge on any atom is -0.255 e. The topological polar surface area (TPSA) is 59.1 Å². The van der Waals surface area contributed by atoms with Crippen molar-refractivity contribution in [2.45, 2.75) is 4.90 Å². The lowest BCUT2D eigenvalue weighted by Gasteiger charge is -2.05. The first kappa shape index (κ1) is 14.7. The molecule has 0 unspecified atom stereocenters. The Bertz CT molecular complexity index is 893. The zero-order valence-corrected chi connectivity index (χ0v) is 12.9. The van der Waals surface area contributed by atoms with Crippen LogP contribution in [0, 0.1) is 5.82 Å². The van der Waals surface area contributed by atoms with Gasteiger partial charge in [-0.05, 0) is 12.1 Å². The molecule has 0 amide bonds. The van der Waals surface area contributed by atoms with E-state index < -0.39 is 20.7 Å². The summed E-state index contributed by atoms with van der Waals surface area (Å²) in [6.45, 7) is 0. The standard InChI is InChI=1S/C15H11FN2O2S2/c16-12-8-4-5-9-14(12)22(19,20)18-15-17-13(10-21-15)11-6-2-1-3-7-11/h1-10H,(H,17,18). The molecule has 0 aliphatic carbocycles. The molecule has 22 heavy (non-hydrogen) atoms. The lowest BCUT2D eigenvalue weighted by Crippen LogP contribution is -2.14. The van der Waals surface area contributed by atoms with E-state index in [1.807, 2.05) is 30.3 Å². The highest BCUT2D eigenvalue weighted by Crippen LogP contribution is 2.26. The third-order valence-electron chi connectivity index (χ3n) is 2.92. The first-order valence-corrected chi connectivity index (χ1v) is 8.71. The van der Waals surface area contributed by atoms with Crippen molar-refractivity contribution in [1.29, 1.82) is 0 Å². The van der Waals surface area contributed by atoms with Gasteiger partial charge in [-0.3, -0.25) is 4.72 Å². The third kappa shape index (κ3) is 3.00. The number of nitrogens with zero attached hydrogens (tertiary/aromatic N) is 1. The lowest BCUT2D eigenvalue weighted by atomic mass is 10.2. The number of nitrogens with one attached hydrogen (secondary N) is 1. The van der Waals surface area contributed by atoms with Gasteiger partial charge in [0.15, 0.2) is 5.13 Å². The predicted molar refractivity (Wildman–Crippen MR) is 84.8 cm³/mol. The summed E-state index contributed by atoms with van der Waals surface area (Å²) < 4.78 is 40.3. The van der Waals surface area contributed by atoms with Gasteiger partial charge in [0, 0.05) is 10.9 Å². The van der Waals surface area contributed by atoms with E-state index in [2.05, 4.69) is 9.71 Å². The van der Waals surface area contributed by atoms with E-state index in [1.54, 1.807) is 5.38 Å². The fourth-order valence-corrected chi connectivity index (χ4v) is 3.95. The quantitative estimate of drug-likeness (QED) is 0.790. The highest BCUT2D eigenvalue weighted by atomic mass is 32.2. The van der Waals surface area contributed by atoms with Crippen LogP contribution in [0.2, 0.25) is 0 Å². The third-order valence-corrected chi connectivity index (χ3v) is 5.18. The maximum absolute atomic E-state index is 13.6. The molecule has 0 fully saturated rings. The molecule has 1 N–H and O–H groups in total. The van der Waals surface area contributed by atoms with Crippen molar-refractivity contribution in [2.75, 3.05) is 4.72 Å². The molecule has 0 bridgehead atoms. The molecule has 4 nitrogen and oxygen atoms in total. The first-order valence-electron chi connectivity index (χ1n) is 6.34. The smallest absolute Gasteiger partial charge is 0.255 e. The molecule has 0 aliphatic rings. The zero-order valence-electron chi connectivity index (χ0n) is 11.2. The van der Waals surface area contributed by atoms with Gasteiger partial charge < -0.3 is 0 Å². The van der Waals surface area contributed by atoms with Crippen LogP contribution in [0.15, 0.2) is 64.9 Å². The van der Waals surface area contributed by atoms with E-state index in [0.717, 1.165) is 23.0 Å². The Hall–Kier alpha value is -2.25. The fourth-order valence-electron chi connectivity index (χ4n) is 1.89. The molecule has 0 saturated carbocycles. The molecule has 2 aromatic carbocycles. The SMILES string of the molecule is O=S(=O)(Nc1nc(-c2ccccc2)cs1)c1ccccc1F. The van der Waals surface area contributed by atoms with Gasteiger partial charge in [-0.15, -0.1) is 11.3 Å². The Morgan fingerprint density at radius 2 is 1.68 bits per heavy atom. The predicted octanol–water partition coefficient (Wildman–Crippen LogP) is 3.75. The summed E-state index contributed by atoms with van der Waals surface area (Å²) in [5.74, 6) is -0.796. The number of aromatic nitrogens is 1. The van der Waals surface area contributed by atoms with Gasteiger partial charge in [0.2, 0.25) is 0 Å². The monoisotopic (exact) mass is 334 g/mol. The summed E-state index contributed by atoms with van der Waals surface area (Å²) in [6, 6.07) is 14.6. The molecular formula is C15H11FN2O2S2. The maximum atomic E-state index is 13.6. The number of rotatable bonds is 4. The van der Waals surface area contributed by atoms with Gasteiger partial charge >= 0.3 is 0 Å². The first-order chi connectivity index (χ1) is 10.6. The Morgan fingerprint density at radius 1 is 1.00 bits per heavy atom. The molecule has 0 atom stereocenters. The minimum atomic E-state index is -3.99. The zero-order chi connectivity index (χ0) is 15.6. The molecule has 0 radical (unpaired) electrons. The van der Waals surface area contributed by atoms with Crippen molar-refractivity contribution in [3.05, 3.63) is 65.8 Å². The van der Waals surface area contributed by atoms with Crippen molar-refractivity contribution in [3.63, 3.8) is 0 Å². The number of halogens is 1. The largest absolute Gasteiger partial charge is 0.266 e. The molecule has 0 spiro atoms. The van der Waals surface area contributed by atoms with Gasteiger partial charge in [0.05, 0.1) is 5.69 Å². The van der Waals surface area contributed by atoms with E-state index in [9.17, 15) is 12.8 Å². The second-order valence-electron chi connectivity index (χ2n) is 4.44. The summed E-state index contributed by atoms with van der Waals surface area (Å²) in [5.41, 5.74) is 1.55. The van der Waals surface area contributed by atoms with Crippen molar-refractivity contribution in [1.82, 2.24) is 4.98 Å². The minimum absolute atomic E-state index is 0.196. The average molecular weight is 334 g/mol. The Kier molecular flexibility index (Phi) is 3.91. The van der Waals surface area contributed by atoms with Crippen LogP contribution in [-0.2, 0) is 10.0 Å². The maximum Gasteiger partial charge on any atom is 0.266 e. The highest BCUT2D eigenvalue weighted by molar-refractivity contribution is 7.93. The molecule has 1 aromatic heterocycles. The van der Waals surface area contributed by atoms with Crippen molar-refractivity contribution in [3.8, 4) is 11.3 Å². The Morgan fingerprint density at radius 3 is 2.41 bits per heavy atom. The normalized spacial score (nSPS) is 11.3. The molecule has 1 heterocycles. The lowest BCUT2D eigenvalue weighted by molar-refractivity contribution is 0.570. The molecule has 7 heteroatoms. The van der Waals surface area contributed by atoms with Gasteiger partial charge in [-0.25, -0.2) is 17.8 Å². The van der Waals surface area contributed by atoms with E-state index in [-0.39, 0.29) is 5.13 Å². The summed E-state index contributed by atoms with van der Waals surface area (Å²) in [5, 5.41) is 1.94.